The second-order valence-electron chi connectivity index (χ2n) is 8.03. The molecule has 1 fully saturated rings. The largest absolute Gasteiger partial charge is 0.460 e. The molecule has 2 aromatic rings. The van der Waals surface area contributed by atoms with E-state index in [2.05, 4.69) is 26.2 Å². The van der Waals surface area contributed by atoms with Gasteiger partial charge in [0.25, 0.3) is 12.3 Å². The number of amides is 1. The van der Waals surface area contributed by atoms with Crippen molar-refractivity contribution >= 4 is 28.5 Å². The fourth-order valence-corrected chi connectivity index (χ4v) is 5.34. The summed E-state index contributed by atoms with van der Waals surface area (Å²) in [6, 6.07) is 3.89. The minimum atomic E-state index is -2.62. The minimum Gasteiger partial charge on any atom is -0.460 e. The number of rotatable bonds is 6. The van der Waals surface area contributed by atoms with E-state index >= 15 is 0 Å². The molecule has 0 spiro atoms. The number of aromatic nitrogens is 2. The van der Waals surface area contributed by atoms with Gasteiger partial charge >= 0.3 is 0 Å². The Labute approximate surface area is 192 Å². The molecule has 1 aromatic heterocycles. The second-order valence-corrected chi connectivity index (χ2v) is 9.41. The average Bonchev–Trinajstić information content (AvgIpc) is 3.52. The fraction of sp³-hybridized carbons (Fsp3) is 0.364. The number of nitrogens with one attached hydrogen (secondary N) is 1. The molecule has 4 atom stereocenters. The molecular weight excluding hydrogens is 455 g/mol. The Morgan fingerprint density at radius 2 is 2.15 bits per heavy atom. The van der Waals surface area contributed by atoms with Crippen LogP contribution in [0, 0.1) is 24.1 Å². The maximum absolute atomic E-state index is 14.8. The van der Waals surface area contributed by atoms with E-state index in [4.69, 9.17) is 16.9 Å². The quantitative estimate of drug-likeness (QED) is 0.620. The van der Waals surface area contributed by atoms with E-state index in [1.807, 2.05) is 0 Å². The van der Waals surface area contributed by atoms with E-state index in [9.17, 15) is 18.0 Å². The van der Waals surface area contributed by atoms with Crippen LogP contribution in [-0.2, 0) is 5.54 Å². The maximum Gasteiger partial charge on any atom is 0.275 e. The lowest BCUT2D eigenvalue weighted by Gasteiger charge is -2.34. The predicted octanol–water partition coefficient (Wildman–Crippen LogP) is 3.57. The number of ether oxygens (including phenoxy) is 1. The third-order valence-corrected chi connectivity index (χ3v) is 7.11. The second kappa shape index (κ2) is 8.26. The molecule has 2 aliphatic rings. The number of halogens is 3. The van der Waals surface area contributed by atoms with Gasteiger partial charge in [-0.05, 0) is 38.5 Å². The Morgan fingerprint density at radius 1 is 1.39 bits per heavy atom. The SMILES string of the molecule is C#C[C@H](C)Oc1cnc(C(=O)Nc2ccc(F)c([C@@]3(C)N=C(N)S[C@@]4(C(F)F)CC43)c2)cn1. The summed E-state index contributed by atoms with van der Waals surface area (Å²) in [5, 5.41) is 2.59. The van der Waals surface area contributed by atoms with Gasteiger partial charge in [-0.3, -0.25) is 9.79 Å². The van der Waals surface area contributed by atoms with Gasteiger partial charge in [0.15, 0.2) is 11.3 Å². The highest BCUT2D eigenvalue weighted by molar-refractivity contribution is 8.15. The number of carbonyl (C=O) groups excluding carboxylic acids is 1. The summed E-state index contributed by atoms with van der Waals surface area (Å²) in [6.07, 6.45) is 4.74. The van der Waals surface area contributed by atoms with Crippen LogP contribution in [-0.4, -0.2) is 38.3 Å². The Morgan fingerprint density at radius 3 is 2.79 bits per heavy atom. The summed E-state index contributed by atoms with van der Waals surface area (Å²) in [7, 11) is 0. The van der Waals surface area contributed by atoms with Crippen molar-refractivity contribution in [1.82, 2.24) is 9.97 Å². The predicted molar refractivity (Wildman–Crippen MR) is 119 cm³/mol. The number of hydrogen-bond donors (Lipinski definition) is 2. The van der Waals surface area contributed by atoms with Crippen molar-refractivity contribution in [1.29, 1.82) is 0 Å². The van der Waals surface area contributed by atoms with Gasteiger partial charge in [-0.15, -0.1) is 6.42 Å². The third kappa shape index (κ3) is 4.11. The maximum atomic E-state index is 14.8. The first-order chi connectivity index (χ1) is 15.6. The molecule has 3 N–H and O–H groups in total. The molecule has 1 unspecified atom stereocenters. The number of nitrogens with two attached hydrogens (primary N) is 1. The van der Waals surface area contributed by atoms with Crippen LogP contribution in [0.25, 0.3) is 0 Å². The van der Waals surface area contributed by atoms with Crippen molar-refractivity contribution in [2.24, 2.45) is 16.6 Å². The first-order valence-electron chi connectivity index (χ1n) is 9.98. The number of amidine groups is 1. The molecule has 0 saturated heterocycles. The zero-order chi connectivity index (χ0) is 24.0. The van der Waals surface area contributed by atoms with Gasteiger partial charge in [0.05, 0.1) is 22.7 Å². The molecule has 1 aliphatic heterocycles. The molecule has 1 aliphatic carbocycles. The van der Waals surface area contributed by atoms with E-state index in [-0.39, 0.29) is 34.4 Å². The molecule has 0 bridgehead atoms. The van der Waals surface area contributed by atoms with Crippen LogP contribution in [0.5, 0.6) is 5.88 Å². The van der Waals surface area contributed by atoms with E-state index in [1.165, 1.54) is 24.5 Å². The summed E-state index contributed by atoms with van der Waals surface area (Å²) in [5.74, 6) is 0.722. The standard InChI is InChI=1S/C22H20F3N5O2S/c1-4-11(2)32-17-10-27-15(9-28-17)18(31)29-12-5-6-14(23)13(7-12)21(3)16-8-22(16,19(24)25)33-20(26)30-21/h1,5-7,9-11,16,19H,8H2,2-3H3,(H2,26,30)(H,29,31)/t11-,16?,21+,22-/m0/s1. The number of nitrogens with zero attached hydrogens (tertiary/aromatic N) is 3. The molecule has 4 rings (SSSR count). The Bertz CT molecular complexity index is 1170. The van der Waals surface area contributed by atoms with Crippen molar-refractivity contribution in [2.75, 3.05) is 5.32 Å². The number of benzene rings is 1. The van der Waals surface area contributed by atoms with Crippen LogP contribution in [0.4, 0.5) is 18.9 Å². The smallest absolute Gasteiger partial charge is 0.275 e. The molecule has 172 valence electrons. The highest BCUT2D eigenvalue weighted by Gasteiger charge is 2.71. The number of fused-ring (bicyclic) bond motifs is 1. The summed E-state index contributed by atoms with van der Waals surface area (Å²) < 4.78 is 46.2. The third-order valence-electron chi connectivity index (χ3n) is 5.80. The van der Waals surface area contributed by atoms with Crippen molar-refractivity contribution in [3.05, 3.63) is 47.7 Å². The monoisotopic (exact) mass is 475 g/mol. The van der Waals surface area contributed by atoms with E-state index in [0.29, 0.717) is 0 Å². The molecule has 11 heteroatoms. The van der Waals surface area contributed by atoms with Crippen molar-refractivity contribution in [3.8, 4) is 18.2 Å². The van der Waals surface area contributed by atoms with Gasteiger partial charge in [0.1, 0.15) is 11.5 Å². The lowest BCUT2D eigenvalue weighted by Crippen LogP contribution is -2.38. The Kier molecular flexibility index (Phi) is 5.74. The first kappa shape index (κ1) is 22.9. The summed E-state index contributed by atoms with van der Waals surface area (Å²) >= 11 is 0.841. The van der Waals surface area contributed by atoms with Crippen molar-refractivity contribution in [2.45, 2.75) is 43.1 Å². The number of thioether (sulfide) groups is 1. The lowest BCUT2D eigenvalue weighted by molar-refractivity contribution is 0.102. The zero-order valence-corrected chi connectivity index (χ0v) is 18.5. The molecule has 1 aromatic carbocycles. The van der Waals surface area contributed by atoms with Crippen LogP contribution in [0.2, 0.25) is 0 Å². The lowest BCUT2D eigenvalue weighted by atomic mass is 9.85. The molecule has 1 saturated carbocycles. The van der Waals surface area contributed by atoms with Crippen LogP contribution in [0.1, 0.15) is 36.3 Å². The highest BCUT2D eigenvalue weighted by atomic mass is 32.2. The topological polar surface area (TPSA) is 102 Å². The van der Waals surface area contributed by atoms with Gasteiger partial charge in [-0.1, -0.05) is 17.7 Å². The first-order valence-corrected chi connectivity index (χ1v) is 10.8. The summed E-state index contributed by atoms with van der Waals surface area (Å²) in [4.78, 5) is 24.9. The molecule has 0 radical (unpaired) electrons. The van der Waals surface area contributed by atoms with E-state index in [1.54, 1.807) is 13.8 Å². The number of alkyl halides is 2. The zero-order valence-electron chi connectivity index (χ0n) is 17.7. The summed E-state index contributed by atoms with van der Waals surface area (Å²) in [5.41, 5.74) is 4.86. The van der Waals surface area contributed by atoms with E-state index < -0.39 is 40.5 Å². The molecule has 7 nitrogen and oxygen atoms in total. The molecule has 33 heavy (non-hydrogen) atoms. The fourth-order valence-electron chi connectivity index (χ4n) is 4.00. The summed E-state index contributed by atoms with van der Waals surface area (Å²) in [6.45, 7) is 3.24. The molecule has 2 heterocycles. The van der Waals surface area contributed by atoms with Gasteiger partial charge < -0.3 is 15.8 Å². The van der Waals surface area contributed by atoms with Crippen LogP contribution >= 0.6 is 11.8 Å². The van der Waals surface area contributed by atoms with Crippen LogP contribution < -0.4 is 15.8 Å². The number of carbonyl (C=O) groups is 1. The minimum absolute atomic E-state index is 0.0111. The normalized spacial score (nSPS) is 26.6. The molecular formula is C22H20F3N5O2S. The van der Waals surface area contributed by atoms with Crippen molar-refractivity contribution in [3.63, 3.8) is 0 Å². The van der Waals surface area contributed by atoms with Gasteiger partial charge in [0, 0.05) is 17.2 Å². The van der Waals surface area contributed by atoms with E-state index in [0.717, 1.165) is 17.8 Å². The Hall–Kier alpha value is -3.26. The van der Waals surface area contributed by atoms with Gasteiger partial charge in [0.2, 0.25) is 5.88 Å². The number of anilines is 1. The number of hydrogen-bond acceptors (Lipinski definition) is 7. The van der Waals surface area contributed by atoms with Crippen LogP contribution in [0.15, 0.2) is 35.6 Å². The number of terminal acetylenes is 1. The average molecular weight is 475 g/mol. The van der Waals surface area contributed by atoms with Gasteiger partial charge in [-0.2, -0.15) is 0 Å². The van der Waals surface area contributed by atoms with Crippen LogP contribution in [0.3, 0.4) is 0 Å². The number of aliphatic imine (C=N–C) groups is 1. The van der Waals surface area contributed by atoms with Crippen molar-refractivity contribution < 1.29 is 22.7 Å². The highest BCUT2D eigenvalue weighted by Crippen LogP contribution is 2.68. The van der Waals surface area contributed by atoms with Gasteiger partial charge in [-0.25, -0.2) is 23.1 Å². The molecule has 1 amide bonds. The Balaban J connectivity index is 1.57.